The monoisotopic (exact) mass is 325 g/mol. The maximum Gasteiger partial charge on any atom is 0.242 e. The van der Waals surface area contributed by atoms with Gasteiger partial charge in [0.15, 0.2) is 0 Å². The van der Waals surface area contributed by atoms with Gasteiger partial charge in [-0.15, -0.1) is 11.3 Å². The number of hydrogen-bond acceptors (Lipinski definition) is 5. The normalized spacial score (nSPS) is 16.8. The lowest BCUT2D eigenvalue weighted by atomic mass is 10.2. The van der Waals surface area contributed by atoms with Crippen molar-refractivity contribution in [3.05, 3.63) is 23.7 Å². The Morgan fingerprint density at radius 2 is 2.05 bits per heavy atom. The number of fused-ring (bicyclic) bond motifs is 1. The predicted octanol–water partition coefficient (Wildman–Crippen LogP) is 2.11. The minimum Gasteiger partial charge on any atom is -0.313 e. The molecule has 1 heterocycles. The number of thiazole rings is 1. The van der Waals surface area contributed by atoms with E-state index in [1.807, 2.05) is 6.07 Å². The highest BCUT2D eigenvalue weighted by Crippen LogP contribution is 2.25. The smallest absolute Gasteiger partial charge is 0.242 e. The fraction of sp³-hybridized carbons (Fsp3) is 0.500. The summed E-state index contributed by atoms with van der Waals surface area (Å²) in [7, 11) is -3.47. The van der Waals surface area contributed by atoms with Gasteiger partial charge in [-0.05, 0) is 25.0 Å². The molecule has 3 rings (SSSR count). The van der Waals surface area contributed by atoms with Crippen LogP contribution in [0.5, 0.6) is 0 Å². The van der Waals surface area contributed by atoms with Gasteiger partial charge in [0.1, 0.15) is 4.90 Å². The molecule has 0 aliphatic heterocycles. The topological polar surface area (TPSA) is 71.1 Å². The van der Waals surface area contributed by atoms with Gasteiger partial charge < -0.3 is 5.32 Å². The van der Waals surface area contributed by atoms with Gasteiger partial charge in [0, 0.05) is 19.1 Å². The Morgan fingerprint density at radius 3 is 2.86 bits per heavy atom. The van der Waals surface area contributed by atoms with Crippen molar-refractivity contribution in [3.8, 4) is 0 Å². The second-order valence-corrected chi connectivity index (χ2v) is 7.88. The Kier molecular flexibility index (Phi) is 4.54. The summed E-state index contributed by atoms with van der Waals surface area (Å²) >= 11 is 1.35. The van der Waals surface area contributed by atoms with Crippen LogP contribution in [0.15, 0.2) is 28.6 Å². The van der Waals surface area contributed by atoms with Crippen LogP contribution in [-0.4, -0.2) is 32.5 Å². The Balaban J connectivity index is 1.62. The molecule has 5 nitrogen and oxygen atoms in total. The second kappa shape index (κ2) is 6.39. The zero-order valence-electron chi connectivity index (χ0n) is 11.7. The number of nitrogens with zero attached hydrogens (tertiary/aromatic N) is 1. The Bertz CT molecular complexity index is 706. The molecule has 0 amide bonds. The average molecular weight is 325 g/mol. The van der Waals surface area contributed by atoms with Crippen LogP contribution in [-0.2, 0) is 10.0 Å². The van der Waals surface area contributed by atoms with Gasteiger partial charge in [0.2, 0.25) is 10.0 Å². The zero-order valence-corrected chi connectivity index (χ0v) is 13.3. The lowest BCUT2D eigenvalue weighted by molar-refractivity contribution is 0.520. The van der Waals surface area contributed by atoms with Crippen LogP contribution in [0, 0.1) is 0 Å². The van der Waals surface area contributed by atoms with Crippen LogP contribution in [0.2, 0.25) is 0 Å². The van der Waals surface area contributed by atoms with E-state index in [-0.39, 0.29) is 0 Å². The van der Waals surface area contributed by atoms with E-state index in [0.717, 1.165) is 5.52 Å². The fourth-order valence-electron chi connectivity index (χ4n) is 2.74. The van der Waals surface area contributed by atoms with Crippen molar-refractivity contribution in [2.24, 2.45) is 0 Å². The van der Waals surface area contributed by atoms with Gasteiger partial charge in [0.25, 0.3) is 0 Å². The lowest BCUT2D eigenvalue weighted by Crippen LogP contribution is -2.35. The molecule has 0 spiro atoms. The van der Waals surface area contributed by atoms with Gasteiger partial charge in [-0.1, -0.05) is 18.9 Å². The number of sulfonamides is 1. The first-order valence-electron chi connectivity index (χ1n) is 7.22. The van der Waals surface area contributed by atoms with Crippen LogP contribution < -0.4 is 10.0 Å². The van der Waals surface area contributed by atoms with Crippen LogP contribution in [0.4, 0.5) is 0 Å². The van der Waals surface area contributed by atoms with Gasteiger partial charge in [-0.3, -0.25) is 0 Å². The maximum atomic E-state index is 12.4. The van der Waals surface area contributed by atoms with E-state index in [0.29, 0.717) is 28.7 Å². The molecule has 0 unspecified atom stereocenters. The molecule has 1 fully saturated rings. The maximum absolute atomic E-state index is 12.4. The third-order valence-corrected chi connectivity index (χ3v) is 6.32. The quantitative estimate of drug-likeness (QED) is 0.798. The van der Waals surface area contributed by atoms with Gasteiger partial charge >= 0.3 is 0 Å². The Hall–Kier alpha value is -1.02. The number of rotatable bonds is 6. The van der Waals surface area contributed by atoms with Gasteiger partial charge in [-0.25, -0.2) is 18.1 Å². The summed E-state index contributed by atoms with van der Waals surface area (Å²) < 4.78 is 28.1. The van der Waals surface area contributed by atoms with Crippen molar-refractivity contribution in [3.63, 3.8) is 0 Å². The molecular formula is C14H19N3O2S2. The molecule has 1 aliphatic rings. The molecule has 1 aliphatic carbocycles. The van der Waals surface area contributed by atoms with Crippen molar-refractivity contribution >= 4 is 31.6 Å². The van der Waals surface area contributed by atoms with Crippen LogP contribution in [0.3, 0.4) is 0 Å². The van der Waals surface area contributed by atoms with Crippen molar-refractivity contribution in [2.45, 2.75) is 36.6 Å². The minimum absolute atomic E-state index is 0.323. The second-order valence-electron chi connectivity index (χ2n) is 5.29. The Labute approximate surface area is 128 Å². The highest BCUT2D eigenvalue weighted by atomic mass is 32.2. The zero-order chi connectivity index (χ0) is 14.7. The van der Waals surface area contributed by atoms with E-state index in [4.69, 9.17) is 0 Å². The van der Waals surface area contributed by atoms with Crippen molar-refractivity contribution in [1.29, 1.82) is 0 Å². The van der Waals surface area contributed by atoms with Crippen molar-refractivity contribution in [1.82, 2.24) is 15.0 Å². The first-order valence-corrected chi connectivity index (χ1v) is 9.58. The van der Waals surface area contributed by atoms with E-state index in [1.54, 1.807) is 17.6 Å². The summed E-state index contributed by atoms with van der Waals surface area (Å²) in [6.45, 7) is 1.08. The first-order chi connectivity index (χ1) is 10.2. The summed E-state index contributed by atoms with van der Waals surface area (Å²) in [5.74, 6) is 0. The van der Waals surface area contributed by atoms with E-state index < -0.39 is 10.0 Å². The number of aromatic nitrogens is 1. The summed E-state index contributed by atoms with van der Waals surface area (Å²) in [6.07, 6.45) is 4.95. The van der Waals surface area contributed by atoms with E-state index in [1.165, 1.54) is 37.0 Å². The highest BCUT2D eigenvalue weighted by molar-refractivity contribution is 7.90. The first kappa shape index (κ1) is 14.9. The summed E-state index contributed by atoms with van der Waals surface area (Å²) in [6, 6.07) is 5.74. The number of nitrogens with one attached hydrogen (secondary N) is 2. The molecule has 0 bridgehead atoms. The SMILES string of the molecule is O=S(=O)(NCCNC1CCCC1)c1cccc2ncsc12. The molecule has 2 N–H and O–H groups in total. The molecular weight excluding hydrogens is 306 g/mol. The molecule has 1 aromatic carbocycles. The Morgan fingerprint density at radius 1 is 1.24 bits per heavy atom. The van der Waals surface area contributed by atoms with Crippen LogP contribution >= 0.6 is 11.3 Å². The molecule has 0 atom stereocenters. The molecule has 2 aromatic rings. The van der Waals surface area contributed by atoms with E-state index >= 15 is 0 Å². The molecule has 0 saturated heterocycles. The number of hydrogen-bond donors (Lipinski definition) is 2. The highest BCUT2D eigenvalue weighted by Gasteiger charge is 2.18. The van der Waals surface area contributed by atoms with Gasteiger partial charge in [0.05, 0.1) is 15.7 Å². The molecule has 7 heteroatoms. The third-order valence-electron chi connectivity index (χ3n) is 3.82. The number of benzene rings is 1. The minimum atomic E-state index is -3.47. The molecule has 114 valence electrons. The van der Waals surface area contributed by atoms with E-state index in [9.17, 15) is 8.42 Å². The molecule has 0 radical (unpaired) electrons. The molecule has 21 heavy (non-hydrogen) atoms. The van der Waals surface area contributed by atoms with Crippen molar-refractivity contribution in [2.75, 3.05) is 13.1 Å². The molecule has 1 saturated carbocycles. The summed E-state index contributed by atoms with van der Waals surface area (Å²) in [5, 5.41) is 3.40. The standard InChI is InChI=1S/C14H19N3O2S2/c18-21(19,17-9-8-15-11-4-1-2-5-11)13-7-3-6-12-14(13)20-10-16-12/h3,6-7,10-11,15,17H,1-2,4-5,8-9H2. The van der Waals surface area contributed by atoms with Gasteiger partial charge in [-0.2, -0.15) is 0 Å². The van der Waals surface area contributed by atoms with Crippen molar-refractivity contribution < 1.29 is 8.42 Å². The summed E-state index contributed by atoms with van der Waals surface area (Å²) in [4.78, 5) is 4.48. The average Bonchev–Trinajstić information content (AvgIpc) is 3.14. The summed E-state index contributed by atoms with van der Waals surface area (Å²) in [5.41, 5.74) is 2.40. The lowest BCUT2D eigenvalue weighted by Gasteiger charge is -2.12. The van der Waals surface area contributed by atoms with Crippen LogP contribution in [0.1, 0.15) is 25.7 Å². The van der Waals surface area contributed by atoms with E-state index in [2.05, 4.69) is 15.0 Å². The van der Waals surface area contributed by atoms with Crippen LogP contribution in [0.25, 0.3) is 10.2 Å². The third kappa shape index (κ3) is 3.42. The fourth-order valence-corrected chi connectivity index (χ4v) is 5.04. The predicted molar refractivity (Wildman–Crippen MR) is 85.1 cm³/mol. The molecule has 1 aromatic heterocycles. The largest absolute Gasteiger partial charge is 0.313 e.